The van der Waals surface area contributed by atoms with E-state index >= 15 is 0 Å². The molecule has 0 amide bonds. The Bertz CT molecular complexity index is 405. The van der Waals surface area contributed by atoms with Crippen LogP contribution in [0.3, 0.4) is 0 Å². The summed E-state index contributed by atoms with van der Waals surface area (Å²) in [5.41, 5.74) is -0.400. The van der Waals surface area contributed by atoms with Gasteiger partial charge in [0.05, 0.1) is 6.61 Å². The highest BCUT2D eigenvalue weighted by atomic mass is 35.5. The highest BCUT2D eigenvalue weighted by Gasteiger charge is 2.11. The minimum Gasteiger partial charge on any atom is -0.465 e. The molecule has 0 spiro atoms. The summed E-state index contributed by atoms with van der Waals surface area (Å²) >= 11 is 5.60. The van der Waals surface area contributed by atoms with Crippen molar-refractivity contribution in [2.45, 2.75) is 13.5 Å². The molecule has 0 aliphatic heterocycles. The third kappa shape index (κ3) is 2.85. The fraction of sp³-hybridized carbons (Fsp3) is 0.667. The van der Waals surface area contributed by atoms with Crippen molar-refractivity contribution in [3.8, 4) is 6.01 Å². The van der Waals surface area contributed by atoms with Crippen molar-refractivity contribution in [3.05, 3.63) is 10.5 Å². The van der Waals surface area contributed by atoms with Gasteiger partial charge in [-0.3, -0.25) is 0 Å². The third-order valence-electron chi connectivity index (χ3n) is 1.83. The molecule has 0 atom stereocenters. The molecule has 0 N–H and O–H groups in total. The van der Waals surface area contributed by atoms with Gasteiger partial charge in [0.2, 0.25) is 5.95 Å². The van der Waals surface area contributed by atoms with Crippen LogP contribution < -0.4 is 15.3 Å². The topological polar surface area (TPSA) is 60.2 Å². The van der Waals surface area contributed by atoms with Crippen molar-refractivity contribution >= 4 is 17.5 Å². The summed E-state index contributed by atoms with van der Waals surface area (Å²) in [5.74, 6) is 0.643. The van der Waals surface area contributed by atoms with E-state index in [2.05, 4.69) is 9.97 Å². The van der Waals surface area contributed by atoms with Crippen LogP contribution in [0.25, 0.3) is 0 Å². The van der Waals surface area contributed by atoms with E-state index in [1.165, 1.54) is 4.57 Å². The van der Waals surface area contributed by atoms with Crippen LogP contribution in [0, 0.1) is 0 Å². The number of nitrogens with zero attached hydrogens (tertiary/aromatic N) is 4. The van der Waals surface area contributed by atoms with Gasteiger partial charge in [0, 0.05) is 26.5 Å². The molecule has 0 aliphatic carbocycles. The van der Waals surface area contributed by atoms with Gasteiger partial charge in [-0.25, -0.2) is 9.36 Å². The minimum absolute atomic E-state index is 0.256. The van der Waals surface area contributed by atoms with E-state index in [1.54, 1.807) is 19.0 Å². The van der Waals surface area contributed by atoms with Gasteiger partial charge in [-0.2, -0.15) is 9.97 Å². The molecule has 0 aromatic carbocycles. The van der Waals surface area contributed by atoms with Gasteiger partial charge in [0.1, 0.15) is 0 Å². The third-order valence-corrected chi connectivity index (χ3v) is 2.00. The lowest BCUT2D eigenvalue weighted by molar-refractivity contribution is 0.288. The number of alkyl halides is 1. The molecule has 1 heterocycles. The molecular weight excluding hydrogens is 232 g/mol. The minimum atomic E-state index is -0.400. The molecule has 0 saturated heterocycles. The van der Waals surface area contributed by atoms with Gasteiger partial charge in [-0.15, -0.1) is 11.6 Å². The largest absolute Gasteiger partial charge is 0.465 e. The first-order valence-corrected chi connectivity index (χ1v) is 5.48. The summed E-state index contributed by atoms with van der Waals surface area (Å²) in [6, 6.07) is 0.256. The molecular formula is C9H15ClN4O2. The van der Waals surface area contributed by atoms with Crippen molar-refractivity contribution in [3.63, 3.8) is 0 Å². The summed E-state index contributed by atoms with van der Waals surface area (Å²) in [7, 11) is 3.52. The average Bonchev–Trinajstić information content (AvgIpc) is 2.23. The Morgan fingerprint density at radius 2 is 2.12 bits per heavy atom. The normalized spacial score (nSPS) is 10.2. The quantitative estimate of drug-likeness (QED) is 0.702. The maximum absolute atomic E-state index is 11.7. The van der Waals surface area contributed by atoms with Crippen molar-refractivity contribution in [1.29, 1.82) is 0 Å². The first-order chi connectivity index (χ1) is 7.60. The van der Waals surface area contributed by atoms with Crippen LogP contribution in [0.1, 0.15) is 6.92 Å². The first kappa shape index (κ1) is 12.8. The van der Waals surface area contributed by atoms with Crippen LogP contribution >= 0.6 is 11.6 Å². The fourth-order valence-electron chi connectivity index (χ4n) is 1.11. The van der Waals surface area contributed by atoms with Crippen LogP contribution in [0.5, 0.6) is 6.01 Å². The van der Waals surface area contributed by atoms with E-state index in [4.69, 9.17) is 16.3 Å². The first-order valence-electron chi connectivity index (χ1n) is 4.95. The second-order valence-electron chi connectivity index (χ2n) is 3.26. The second kappa shape index (κ2) is 5.69. The predicted octanol–water partition coefficient (Wildman–Crippen LogP) is 0.342. The van der Waals surface area contributed by atoms with Crippen molar-refractivity contribution in [1.82, 2.24) is 14.5 Å². The molecule has 0 fully saturated rings. The maximum atomic E-state index is 11.7. The van der Waals surface area contributed by atoms with E-state index in [9.17, 15) is 4.79 Å². The Labute approximate surface area is 98.8 Å². The SMILES string of the molecule is CCOc1nc(N(C)C)nc(=O)n1CCCl. The summed E-state index contributed by atoms with van der Waals surface area (Å²) in [4.78, 5) is 21.3. The molecule has 0 unspecified atom stereocenters. The molecule has 90 valence electrons. The zero-order chi connectivity index (χ0) is 12.1. The highest BCUT2D eigenvalue weighted by Crippen LogP contribution is 2.08. The number of hydrogen-bond acceptors (Lipinski definition) is 5. The molecule has 0 aliphatic rings. The number of hydrogen-bond donors (Lipinski definition) is 0. The monoisotopic (exact) mass is 246 g/mol. The number of aromatic nitrogens is 3. The predicted molar refractivity (Wildman–Crippen MR) is 62.5 cm³/mol. The Morgan fingerprint density at radius 3 is 2.62 bits per heavy atom. The lowest BCUT2D eigenvalue weighted by Crippen LogP contribution is -2.29. The van der Waals surface area contributed by atoms with E-state index in [0.29, 0.717) is 25.0 Å². The lowest BCUT2D eigenvalue weighted by Gasteiger charge is -2.14. The summed E-state index contributed by atoms with van der Waals surface area (Å²) in [6.45, 7) is 2.60. The van der Waals surface area contributed by atoms with Crippen LogP contribution in [-0.2, 0) is 6.54 Å². The van der Waals surface area contributed by atoms with Gasteiger partial charge in [-0.1, -0.05) is 0 Å². The van der Waals surface area contributed by atoms with Gasteiger partial charge >= 0.3 is 11.7 Å². The van der Waals surface area contributed by atoms with E-state index in [-0.39, 0.29) is 6.01 Å². The van der Waals surface area contributed by atoms with Crippen LogP contribution in [0.15, 0.2) is 4.79 Å². The van der Waals surface area contributed by atoms with Gasteiger partial charge in [-0.05, 0) is 6.92 Å². The molecule has 7 heteroatoms. The van der Waals surface area contributed by atoms with E-state index < -0.39 is 5.69 Å². The summed E-state index contributed by atoms with van der Waals surface area (Å²) < 4.78 is 6.61. The Morgan fingerprint density at radius 1 is 1.44 bits per heavy atom. The molecule has 1 aromatic rings. The molecule has 0 radical (unpaired) electrons. The average molecular weight is 247 g/mol. The van der Waals surface area contributed by atoms with Crippen molar-refractivity contribution < 1.29 is 4.74 Å². The van der Waals surface area contributed by atoms with E-state index in [1.807, 2.05) is 6.92 Å². The van der Waals surface area contributed by atoms with Gasteiger partial charge in [0.25, 0.3) is 0 Å². The van der Waals surface area contributed by atoms with Gasteiger partial charge in [0.15, 0.2) is 0 Å². The zero-order valence-electron chi connectivity index (χ0n) is 9.60. The molecule has 1 rings (SSSR count). The highest BCUT2D eigenvalue weighted by molar-refractivity contribution is 6.17. The fourth-order valence-corrected chi connectivity index (χ4v) is 1.28. The van der Waals surface area contributed by atoms with Crippen LogP contribution in [0.4, 0.5) is 5.95 Å². The number of ether oxygens (including phenoxy) is 1. The van der Waals surface area contributed by atoms with Crippen LogP contribution in [-0.4, -0.2) is 41.1 Å². The number of anilines is 1. The molecule has 1 aromatic heterocycles. The summed E-state index contributed by atoms with van der Waals surface area (Å²) in [6.07, 6.45) is 0. The Balaban J connectivity index is 3.22. The smallest absolute Gasteiger partial charge is 0.354 e. The molecule has 0 saturated carbocycles. The molecule has 6 nitrogen and oxygen atoms in total. The zero-order valence-corrected chi connectivity index (χ0v) is 10.4. The van der Waals surface area contributed by atoms with Gasteiger partial charge < -0.3 is 9.64 Å². The molecule has 16 heavy (non-hydrogen) atoms. The standard InChI is InChI=1S/C9H15ClN4O2/c1-4-16-9-12-7(13(2)3)11-8(15)14(9)6-5-10/h4-6H2,1-3H3. The summed E-state index contributed by atoms with van der Waals surface area (Å²) in [5, 5.41) is 0. The second-order valence-corrected chi connectivity index (χ2v) is 3.63. The number of rotatable bonds is 5. The Kier molecular flexibility index (Phi) is 4.54. The van der Waals surface area contributed by atoms with Crippen molar-refractivity contribution in [2.24, 2.45) is 0 Å². The van der Waals surface area contributed by atoms with Crippen molar-refractivity contribution in [2.75, 3.05) is 31.5 Å². The number of halogens is 1. The van der Waals surface area contributed by atoms with E-state index in [0.717, 1.165) is 0 Å². The lowest BCUT2D eigenvalue weighted by atomic mass is 10.7. The van der Waals surface area contributed by atoms with Crippen LogP contribution in [0.2, 0.25) is 0 Å². The Hall–Kier alpha value is -1.30. The molecule has 0 bridgehead atoms. The maximum Gasteiger partial charge on any atom is 0.354 e.